The smallest absolute Gasteiger partial charge is 0.317 e. The first-order valence-electron chi connectivity index (χ1n) is 7.08. The predicted molar refractivity (Wildman–Crippen MR) is 78.4 cm³/mol. The van der Waals surface area contributed by atoms with E-state index in [4.69, 9.17) is 4.74 Å². The zero-order valence-corrected chi connectivity index (χ0v) is 13.4. The number of amides is 2. The van der Waals surface area contributed by atoms with Crippen LogP contribution in [0.15, 0.2) is 0 Å². The molecule has 1 N–H and O–H groups in total. The number of hydrogen-bond donors (Lipinski definition) is 1. The lowest BCUT2D eigenvalue weighted by Gasteiger charge is -2.35. The highest BCUT2D eigenvalue weighted by atomic mass is 32.2. The molecule has 0 unspecified atom stereocenters. The summed E-state index contributed by atoms with van der Waals surface area (Å²) in [6.45, 7) is 6.89. The SMILES string of the molecule is C[C@@H]1CCN(C(=O)NCCOCCS(C)(=O)=O)C[C@@H]1C. The Morgan fingerprint density at radius 3 is 2.60 bits per heavy atom. The van der Waals surface area contributed by atoms with Gasteiger partial charge >= 0.3 is 6.03 Å². The van der Waals surface area contributed by atoms with Crippen LogP contribution in [0.1, 0.15) is 20.3 Å². The van der Waals surface area contributed by atoms with Crippen molar-refractivity contribution in [3.8, 4) is 0 Å². The van der Waals surface area contributed by atoms with Crippen LogP contribution in [0.2, 0.25) is 0 Å². The van der Waals surface area contributed by atoms with Crippen LogP contribution in [0.25, 0.3) is 0 Å². The van der Waals surface area contributed by atoms with Gasteiger partial charge in [0.2, 0.25) is 0 Å². The molecule has 2 amide bonds. The van der Waals surface area contributed by atoms with Gasteiger partial charge in [0, 0.05) is 25.9 Å². The third-order valence-corrected chi connectivity index (χ3v) is 4.65. The van der Waals surface area contributed by atoms with E-state index in [9.17, 15) is 13.2 Å². The number of carbonyl (C=O) groups excluding carboxylic acids is 1. The van der Waals surface area contributed by atoms with E-state index < -0.39 is 9.84 Å². The molecule has 1 rings (SSSR count). The highest BCUT2D eigenvalue weighted by molar-refractivity contribution is 7.90. The third kappa shape index (κ3) is 6.56. The molecule has 118 valence electrons. The largest absolute Gasteiger partial charge is 0.379 e. The fraction of sp³-hybridized carbons (Fsp3) is 0.923. The van der Waals surface area contributed by atoms with Gasteiger partial charge in [-0.2, -0.15) is 0 Å². The van der Waals surface area contributed by atoms with Gasteiger partial charge in [0.25, 0.3) is 0 Å². The van der Waals surface area contributed by atoms with E-state index in [0.717, 1.165) is 19.5 Å². The molecule has 0 radical (unpaired) electrons. The first-order chi connectivity index (χ1) is 9.29. The fourth-order valence-electron chi connectivity index (χ4n) is 2.10. The molecular formula is C13H26N2O4S. The van der Waals surface area contributed by atoms with Crippen LogP contribution in [-0.2, 0) is 14.6 Å². The van der Waals surface area contributed by atoms with Crippen molar-refractivity contribution in [2.24, 2.45) is 11.8 Å². The molecule has 0 aromatic carbocycles. The summed E-state index contributed by atoms with van der Waals surface area (Å²) >= 11 is 0. The number of nitrogens with zero attached hydrogens (tertiary/aromatic N) is 1. The molecule has 0 aromatic rings. The molecule has 20 heavy (non-hydrogen) atoms. The molecule has 0 bridgehead atoms. The maximum atomic E-state index is 11.9. The summed E-state index contributed by atoms with van der Waals surface area (Å²) < 4.78 is 26.9. The summed E-state index contributed by atoms with van der Waals surface area (Å²) in [6.07, 6.45) is 2.22. The van der Waals surface area contributed by atoms with Crippen LogP contribution in [-0.4, -0.2) is 64.2 Å². The lowest BCUT2D eigenvalue weighted by Crippen LogP contribution is -2.47. The van der Waals surface area contributed by atoms with Gasteiger partial charge in [-0.3, -0.25) is 0 Å². The van der Waals surface area contributed by atoms with Gasteiger partial charge in [-0.05, 0) is 18.3 Å². The van der Waals surface area contributed by atoms with Crippen molar-refractivity contribution in [1.82, 2.24) is 10.2 Å². The van der Waals surface area contributed by atoms with Gasteiger partial charge in [-0.1, -0.05) is 13.8 Å². The number of likely N-dealkylation sites (tertiary alicyclic amines) is 1. The quantitative estimate of drug-likeness (QED) is 0.734. The summed E-state index contributed by atoms with van der Waals surface area (Å²) in [5.74, 6) is 1.21. The zero-order chi connectivity index (χ0) is 15.2. The first kappa shape index (κ1) is 17.2. The minimum absolute atomic E-state index is 0.0163. The van der Waals surface area contributed by atoms with Crippen LogP contribution >= 0.6 is 0 Å². The monoisotopic (exact) mass is 306 g/mol. The van der Waals surface area contributed by atoms with Crippen LogP contribution < -0.4 is 5.32 Å². The maximum absolute atomic E-state index is 11.9. The Hall–Kier alpha value is -0.820. The molecule has 1 heterocycles. The molecule has 1 saturated heterocycles. The minimum Gasteiger partial charge on any atom is -0.379 e. The van der Waals surface area contributed by atoms with Gasteiger partial charge in [0.1, 0.15) is 9.84 Å². The van der Waals surface area contributed by atoms with Crippen LogP contribution in [0, 0.1) is 11.8 Å². The minimum atomic E-state index is -2.98. The van der Waals surface area contributed by atoms with Gasteiger partial charge in [-0.25, -0.2) is 13.2 Å². The topological polar surface area (TPSA) is 75.7 Å². The molecular weight excluding hydrogens is 280 g/mol. The number of rotatable bonds is 6. The fourth-order valence-corrected chi connectivity index (χ4v) is 2.52. The van der Waals surface area contributed by atoms with Gasteiger partial charge in [0.05, 0.1) is 19.0 Å². The number of urea groups is 1. The normalized spacial score (nSPS) is 23.6. The average molecular weight is 306 g/mol. The second-order valence-electron chi connectivity index (χ2n) is 5.66. The number of ether oxygens (including phenoxy) is 1. The first-order valence-corrected chi connectivity index (χ1v) is 9.14. The molecule has 1 fully saturated rings. The second-order valence-corrected chi connectivity index (χ2v) is 7.92. The molecule has 0 aliphatic carbocycles. The number of carbonyl (C=O) groups is 1. The Balaban J connectivity index is 2.11. The second kappa shape index (κ2) is 7.83. The Morgan fingerprint density at radius 2 is 2.00 bits per heavy atom. The van der Waals surface area contributed by atoms with Gasteiger partial charge in [-0.15, -0.1) is 0 Å². The van der Waals surface area contributed by atoms with Crippen molar-refractivity contribution in [2.75, 3.05) is 44.9 Å². The number of nitrogens with one attached hydrogen (secondary N) is 1. The third-order valence-electron chi connectivity index (χ3n) is 3.74. The molecule has 7 heteroatoms. The molecule has 0 aromatic heterocycles. The number of hydrogen-bond acceptors (Lipinski definition) is 4. The van der Waals surface area contributed by atoms with E-state index in [1.54, 1.807) is 0 Å². The molecule has 6 nitrogen and oxygen atoms in total. The Bertz CT molecular complexity index is 411. The summed E-state index contributed by atoms with van der Waals surface area (Å²) in [5, 5.41) is 2.80. The van der Waals surface area contributed by atoms with Crippen molar-refractivity contribution >= 4 is 15.9 Å². The van der Waals surface area contributed by atoms with E-state index in [-0.39, 0.29) is 18.4 Å². The van der Waals surface area contributed by atoms with Crippen molar-refractivity contribution in [2.45, 2.75) is 20.3 Å². The van der Waals surface area contributed by atoms with Gasteiger partial charge < -0.3 is 15.0 Å². The molecule has 0 spiro atoms. The lowest BCUT2D eigenvalue weighted by atomic mass is 9.89. The standard InChI is InChI=1S/C13H26N2O4S/c1-11-4-6-15(10-12(11)2)13(16)14-5-7-19-8-9-20(3,17)18/h11-12H,4-10H2,1-3H3,(H,14,16)/t11-,12+/m1/s1. The van der Waals surface area contributed by atoms with E-state index in [1.807, 2.05) is 4.90 Å². The highest BCUT2D eigenvalue weighted by Gasteiger charge is 2.25. The average Bonchev–Trinajstić information content (AvgIpc) is 2.35. The molecule has 0 saturated carbocycles. The summed E-state index contributed by atoms with van der Waals surface area (Å²) in [6, 6.07) is -0.0598. The van der Waals surface area contributed by atoms with Gasteiger partial charge in [0.15, 0.2) is 0 Å². The van der Waals surface area contributed by atoms with Crippen molar-refractivity contribution < 1.29 is 17.9 Å². The summed E-state index contributed by atoms with van der Waals surface area (Å²) in [4.78, 5) is 13.7. The van der Waals surface area contributed by atoms with E-state index in [0.29, 0.717) is 25.0 Å². The Labute approximate surface area is 121 Å². The number of piperidine rings is 1. The zero-order valence-electron chi connectivity index (χ0n) is 12.6. The van der Waals surface area contributed by atoms with E-state index in [1.165, 1.54) is 6.26 Å². The van der Waals surface area contributed by atoms with Crippen molar-refractivity contribution in [3.05, 3.63) is 0 Å². The molecule has 1 aliphatic rings. The van der Waals surface area contributed by atoms with Crippen LogP contribution in [0.5, 0.6) is 0 Å². The maximum Gasteiger partial charge on any atom is 0.317 e. The lowest BCUT2D eigenvalue weighted by molar-refractivity contribution is 0.131. The summed E-state index contributed by atoms with van der Waals surface area (Å²) in [7, 11) is -2.98. The van der Waals surface area contributed by atoms with Crippen LogP contribution in [0.4, 0.5) is 4.79 Å². The van der Waals surface area contributed by atoms with E-state index in [2.05, 4.69) is 19.2 Å². The Kier molecular flexibility index (Phi) is 6.75. The molecule has 2 atom stereocenters. The van der Waals surface area contributed by atoms with Crippen LogP contribution in [0.3, 0.4) is 0 Å². The van der Waals surface area contributed by atoms with Crippen molar-refractivity contribution in [3.63, 3.8) is 0 Å². The van der Waals surface area contributed by atoms with E-state index >= 15 is 0 Å². The predicted octanol–water partition coefficient (Wildman–Crippen LogP) is 0.735. The van der Waals surface area contributed by atoms with Crippen molar-refractivity contribution in [1.29, 1.82) is 0 Å². The number of sulfone groups is 1. The summed E-state index contributed by atoms with van der Waals surface area (Å²) in [5.41, 5.74) is 0. The highest BCUT2D eigenvalue weighted by Crippen LogP contribution is 2.22. The Morgan fingerprint density at radius 1 is 1.30 bits per heavy atom. The molecule has 1 aliphatic heterocycles.